The Morgan fingerprint density at radius 1 is 1.30 bits per heavy atom. The molecule has 2 rings (SSSR count). The van der Waals surface area contributed by atoms with Crippen LogP contribution in [0, 0.1) is 5.92 Å². The number of piperidine rings is 1. The number of hydrogen-bond donors (Lipinski definition) is 2. The molecule has 3 N–H and O–H groups in total. The summed E-state index contributed by atoms with van der Waals surface area (Å²) in [7, 11) is -3.56. The number of nitrogens with one attached hydrogen (secondary N) is 1. The SMILES string of the molecule is CC1CCN(S(=O)(=O)Nc2c(N)cc(Br)cc2Br)CC1. The molecule has 1 aromatic rings. The number of rotatable bonds is 3. The second-order valence-corrected chi connectivity index (χ2v) is 8.48. The van der Waals surface area contributed by atoms with Crippen LogP contribution in [-0.2, 0) is 10.2 Å². The second kappa shape index (κ2) is 6.21. The molecule has 0 amide bonds. The first-order chi connectivity index (χ1) is 9.29. The van der Waals surface area contributed by atoms with Gasteiger partial charge in [0.05, 0.1) is 11.4 Å². The van der Waals surface area contributed by atoms with Crippen molar-refractivity contribution in [3.05, 3.63) is 21.1 Å². The van der Waals surface area contributed by atoms with E-state index in [9.17, 15) is 8.42 Å². The van der Waals surface area contributed by atoms with Crippen molar-refractivity contribution in [2.75, 3.05) is 23.5 Å². The second-order valence-electron chi connectivity index (χ2n) is 5.04. The molecule has 0 atom stereocenters. The lowest BCUT2D eigenvalue weighted by atomic mass is 10.0. The smallest absolute Gasteiger partial charge is 0.301 e. The molecule has 1 saturated heterocycles. The largest absolute Gasteiger partial charge is 0.397 e. The predicted octanol–water partition coefficient (Wildman–Crippen LogP) is 3.18. The molecule has 0 bridgehead atoms. The third-order valence-electron chi connectivity index (χ3n) is 3.40. The molecule has 0 aliphatic carbocycles. The standard InChI is InChI=1S/C12H17Br2N3O2S/c1-8-2-4-17(5-3-8)20(18,19)16-12-10(14)6-9(13)7-11(12)15/h6-8,16H,2-5,15H2,1H3. The maximum absolute atomic E-state index is 12.4. The predicted molar refractivity (Wildman–Crippen MR) is 88.8 cm³/mol. The maximum atomic E-state index is 12.4. The van der Waals surface area contributed by atoms with Crippen molar-refractivity contribution >= 4 is 53.4 Å². The van der Waals surface area contributed by atoms with Gasteiger partial charge in [-0.1, -0.05) is 22.9 Å². The van der Waals surface area contributed by atoms with Crippen molar-refractivity contribution in [2.45, 2.75) is 19.8 Å². The average Bonchev–Trinajstić information content (AvgIpc) is 2.34. The summed E-state index contributed by atoms with van der Waals surface area (Å²) in [6.45, 7) is 3.23. The fourth-order valence-electron chi connectivity index (χ4n) is 2.12. The molecule has 0 saturated carbocycles. The van der Waals surface area contributed by atoms with Gasteiger partial charge in [-0.2, -0.15) is 12.7 Å². The Morgan fingerprint density at radius 3 is 2.45 bits per heavy atom. The highest BCUT2D eigenvalue weighted by Crippen LogP contribution is 2.34. The van der Waals surface area contributed by atoms with Crippen molar-refractivity contribution in [2.24, 2.45) is 5.92 Å². The summed E-state index contributed by atoms with van der Waals surface area (Å²) in [6.07, 6.45) is 1.77. The van der Waals surface area contributed by atoms with Crippen molar-refractivity contribution in [3.63, 3.8) is 0 Å². The Bertz CT molecular complexity index is 576. The molecule has 8 heteroatoms. The number of anilines is 2. The third-order valence-corrected chi connectivity index (χ3v) is 5.99. The third kappa shape index (κ3) is 3.66. The van der Waals surface area contributed by atoms with E-state index in [1.165, 1.54) is 4.31 Å². The first-order valence-corrected chi connectivity index (χ1v) is 9.34. The number of halogens is 2. The quantitative estimate of drug-likeness (QED) is 0.728. The minimum Gasteiger partial charge on any atom is -0.397 e. The summed E-state index contributed by atoms with van der Waals surface area (Å²) < 4.78 is 30.2. The van der Waals surface area contributed by atoms with E-state index in [1.807, 2.05) is 0 Å². The number of nitrogens with zero attached hydrogens (tertiary/aromatic N) is 1. The van der Waals surface area contributed by atoms with Gasteiger partial charge < -0.3 is 5.73 Å². The molecule has 0 unspecified atom stereocenters. The van der Waals surface area contributed by atoms with Crippen LogP contribution >= 0.6 is 31.9 Å². The zero-order valence-corrected chi connectivity index (χ0v) is 15.1. The van der Waals surface area contributed by atoms with Gasteiger partial charge in [0, 0.05) is 22.0 Å². The molecule has 0 radical (unpaired) electrons. The molecule has 1 aromatic carbocycles. The summed E-state index contributed by atoms with van der Waals surface area (Å²) in [5.74, 6) is 0.575. The molecule has 0 spiro atoms. The fourth-order valence-corrected chi connectivity index (χ4v) is 4.91. The summed E-state index contributed by atoms with van der Waals surface area (Å²) in [4.78, 5) is 0. The number of hydrogen-bond acceptors (Lipinski definition) is 3. The summed E-state index contributed by atoms with van der Waals surface area (Å²) >= 11 is 6.64. The zero-order valence-electron chi connectivity index (χ0n) is 11.1. The van der Waals surface area contributed by atoms with Gasteiger partial charge >= 0.3 is 10.2 Å². The molecule has 1 fully saturated rings. The topological polar surface area (TPSA) is 75.4 Å². The normalized spacial score (nSPS) is 18.1. The van der Waals surface area contributed by atoms with Crippen LogP contribution in [0.5, 0.6) is 0 Å². The van der Waals surface area contributed by atoms with Gasteiger partial charge in [-0.25, -0.2) is 0 Å². The number of nitrogens with two attached hydrogens (primary N) is 1. The van der Waals surface area contributed by atoms with Gasteiger partial charge in [-0.3, -0.25) is 4.72 Å². The maximum Gasteiger partial charge on any atom is 0.301 e. The molecule has 1 aliphatic rings. The minimum atomic E-state index is -3.56. The Hall–Kier alpha value is -0.310. The highest BCUT2D eigenvalue weighted by Gasteiger charge is 2.27. The van der Waals surface area contributed by atoms with Crippen LogP contribution in [0.2, 0.25) is 0 Å². The van der Waals surface area contributed by atoms with Crippen molar-refractivity contribution in [3.8, 4) is 0 Å². The monoisotopic (exact) mass is 425 g/mol. The molecule has 1 heterocycles. The van der Waals surface area contributed by atoms with E-state index < -0.39 is 10.2 Å². The summed E-state index contributed by atoms with van der Waals surface area (Å²) in [5, 5.41) is 0. The van der Waals surface area contributed by atoms with Crippen LogP contribution in [0.1, 0.15) is 19.8 Å². The van der Waals surface area contributed by atoms with Crippen LogP contribution in [0.15, 0.2) is 21.1 Å². The Kier molecular flexibility index (Phi) is 4.99. The average molecular weight is 427 g/mol. The summed E-state index contributed by atoms with van der Waals surface area (Å²) in [6, 6.07) is 3.42. The lowest BCUT2D eigenvalue weighted by Crippen LogP contribution is -2.41. The van der Waals surface area contributed by atoms with Gasteiger partial charge in [0.2, 0.25) is 0 Å². The van der Waals surface area contributed by atoms with Crippen molar-refractivity contribution in [1.29, 1.82) is 0 Å². The highest BCUT2D eigenvalue weighted by molar-refractivity contribution is 9.11. The van der Waals surface area contributed by atoms with E-state index in [4.69, 9.17) is 5.73 Å². The van der Waals surface area contributed by atoms with Gasteiger partial charge in [-0.15, -0.1) is 0 Å². The van der Waals surface area contributed by atoms with Gasteiger partial charge in [0.15, 0.2) is 0 Å². The van der Waals surface area contributed by atoms with Gasteiger partial charge in [-0.05, 0) is 46.8 Å². The van der Waals surface area contributed by atoms with Gasteiger partial charge in [0.1, 0.15) is 0 Å². The van der Waals surface area contributed by atoms with E-state index >= 15 is 0 Å². The number of nitrogen functional groups attached to an aromatic ring is 1. The first-order valence-electron chi connectivity index (χ1n) is 6.32. The van der Waals surface area contributed by atoms with Crippen LogP contribution in [-0.4, -0.2) is 25.8 Å². The van der Waals surface area contributed by atoms with Gasteiger partial charge in [0.25, 0.3) is 0 Å². The Morgan fingerprint density at radius 2 is 1.90 bits per heavy atom. The first kappa shape index (κ1) is 16.1. The van der Waals surface area contributed by atoms with Crippen LogP contribution in [0.4, 0.5) is 11.4 Å². The number of benzene rings is 1. The van der Waals surface area contributed by atoms with E-state index in [2.05, 4.69) is 43.5 Å². The molecule has 20 heavy (non-hydrogen) atoms. The lowest BCUT2D eigenvalue weighted by molar-refractivity contribution is 0.289. The van der Waals surface area contributed by atoms with Crippen LogP contribution in [0.3, 0.4) is 0 Å². The van der Waals surface area contributed by atoms with E-state index in [0.717, 1.165) is 17.3 Å². The van der Waals surface area contributed by atoms with Crippen molar-refractivity contribution < 1.29 is 8.42 Å². The van der Waals surface area contributed by atoms with E-state index in [1.54, 1.807) is 12.1 Å². The highest BCUT2D eigenvalue weighted by atomic mass is 79.9. The molecule has 5 nitrogen and oxygen atoms in total. The molecule has 112 valence electrons. The Labute approximate surface area is 136 Å². The fraction of sp³-hybridized carbons (Fsp3) is 0.500. The molecular formula is C12H17Br2N3O2S. The van der Waals surface area contributed by atoms with E-state index in [-0.39, 0.29) is 0 Å². The van der Waals surface area contributed by atoms with Crippen LogP contribution in [0.25, 0.3) is 0 Å². The van der Waals surface area contributed by atoms with Crippen molar-refractivity contribution in [1.82, 2.24) is 4.31 Å². The summed E-state index contributed by atoms with van der Waals surface area (Å²) in [5.41, 5.74) is 6.63. The van der Waals surface area contributed by atoms with Crippen LogP contribution < -0.4 is 10.5 Å². The van der Waals surface area contributed by atoms with E-state index in [0.29, 0.717) is 34.9 Å². The minimum absolute atomic E-state index is 0.375. The molecular weight excluding hydrogens is 410 g/mol. The molecule has 0 aromatic heterocycles. The Balaban J connectivity index is 2.21. The lowest BCUT2D eigenvalue weighted by Gasteiger charge is -2.29. The molecule has 1 aliphatic heterocycles. The zero-order chi connectivity index (χ0) is 14.9.